The van der Waals surface area contributed by atoms with E-state index in [1.807, 2.05) is 0 Å². The van der Waals surface area contributed by atoms with Gasteiger partial charge < -0.3 is 15.1 Å². The topological polar surface area (TPSA) is 89.9 Å². The molecular formula is C26H34ClFN2O4S. The Morgan fingerprint density at radius 3 is 2.57 bits per heavy atom. The second-order valence-electron chi connectivity index (χ2n) is 9.69. The fourth-order valence-electron chi connectivity index (χ4n) is 5.32. The molecule has 4 rings (SSSR count). The van der Waals surface area contributed by atoms with Crippen LogP contribution in [-0.2, 0) is 10.0 Å². The van der Waals surface area contributed by atoms with Crippen LogP contribution in [0.1, 0.15) is 70.1 Å². The molecule has 1 atom stereocenters. The summed E-state index contributed by atoms with van der Waals surface area (Å²) in [6, 6.07) is 6.88. The SMILES string of the molecule is CCCCCN1CC(C2CCCCC2)NS(=O)(=O)c2cc(-c3ccc(F)c(C(O)O)c3)c(Cl)cc21. The molecule has 9 heteroatoms. The maximum Gasteiger partial charge on any atom is 0.242 e. The molecule has 0 spiro atoms. The summed E-state index contributed by atoms with van der Waals surface area (Å²) in [4.78, 5) is 2.28. The van der Waals surface area contributed by atoms with E-state index >= 15 is 0 Å². The first-order valence-electron chi connectivity index (χ1n) is 12.5. The van der Waals surface area contributed by atoms with Crippen molar-refractivity contribution < 1.29 is 23.0 Å². The van der Waals surface area contributed by atoms with Gasteiger partial charge in [-0.25, -0.2) is 17.5 Å². The molecule has 3 N–H and O–H groups in total. The van der Waals surface area contributed by atoms with Gasteiger partial charge in [0.15, 0.2) is 6.29 Å². The zero-order chi connectivity index (χ0) is 25.2. The van der Waals surface area contributed by atoms with Crippen LogP contribution >= 0.6 is 11.6 Å². The molecule has 2 aromatic carbocycles. The molecule has 1 unspecified atom stereocenters. The third kappa shape index (κ3) is 5.83. The zero-order valence-electron chi connectivity index (χ0n) is 20.0. The van der Waals surface area contributed by atoms with Crippen molar-refractivity contribution in [2.75, 3.05) is 18.0 Å². The van der Waals surface area contributed by atoms with Gasteiger partial charge in [0.2, 0.25) is 10.0 Å². The Hall–Kier alpha value is -1.71. The number of benzene rings is 2. The zero-order valence-corrected chi connectivity index (χ0v) is 21.6. The normalized spacial score (nSPS) is 20.6. The summed E-state index contributed by atoms with van der Waals surface area (Å²) in [5.74, 6) is -0.469. The van der Waals surface area contributed by atoms with E-state index in [-0.39, 0.29) is 16.5 Å². The van der Waals surface area contributed by atoms with Gasteiger partial charge in [-0.15, -0.1) is 0 Å². The number of anilines is 1. The number of nitrogens with one attached hydrogen (secondary N) is 1. The van der Waals surface area contributed by atoms with Crippen molar-refractivity contribution in [2.24, 2.45) is 5.92 Å². The molecule has 192 valence electrons. The first kappa shape index (κ1) is 26.4. The number of halogens is 2. The van der Waals surface area contributed by atoms with Crippen LogP contribution in [-0.4, -0.2) is 37.8 Å². The fraction of sp³-hybridized carbons (Fsp3) is 0.538. The molecule has 2 aromatic rings. The van der Waals surface area contributed by atoms with Gasteiger partial charge in [-0.3, -0.25) is 0 Å². The van der Waals surface area contributed by atoms with Crippen molar-refractivity contribution in [1.82, 2.24) is 4.72 Å². The largest absolute Gasteiger partial charge is 0.369 e. The van der Waals surface area contributed by atoms with E-state index in [0.29, 0.717) is 34.3 Å². The van der Waals surface area contributed by atoms with E-state index in [1.165, 1.54) is 24.6 Å². The van der Waals surface area contributed by atoms with Crippen LogP contribution in [0.3, 0.4) is 0 Å². The predicted molar refractivity (Wildman–Crippen MR) is 136 cm³/mol. The fourth-order valence-corrected chi connectivity index (χ4v) is 7.11. The van der Waals surface area contributed by atoms with Crippen LogP contribution in [0.2, 0.25) is 5.02 Å². The molecule has 1 aliphatic heterocycles. The Labute approximate surface area is 212 Å². The second kappa shape index (κ2) is 11.1. The van der Waals surface area contributed by atoms with E-state index < -0.39 is 22.1 Å². The van der Waals surface area contributed by atoms with Crippen molar-refractivity contribution in [2.45, 2.75) is 75.5 Å². The molecule has 1 heterocycles. The van der Waals surface area contributed by atoms with Gasteiger partial charge in [0.1, 0.15) is 10.7 Å². The highest BCUT2D eigenvalue weighted by atomic mass is 35.5. The Kier molecular flexibility index (Phi) is 8.38. The Bertz CT molecular complexity index is 1150. The smallest absolute Gasteiger partial charge is 0.242 e. The molecule has 0 radical (unpaired) electrons. The number of aliphatic hydroxyl groups excluding tert-OH is 1. The quantitative estimate of drug-likeness (QED) is 0.335. The number of hydrogen-bond acceptors (Lipinski definition) is 5. The summed E-state index contributed by atoms with van der Waals surface area (Å²) in [5.41, 5.74) is 1.07. The summed E-state index contributed by atoms with van der Waals surface area (Å²) in [5, 5.41) is 19.4. The minimum absolute atomic E-state index is 0.141. The lowest BCUT2D eigenvalue weighted by Crippen LogP contribution is -2.46. The lowest BCUT2D eigenvalue weighted by molar-refractivity contribution is -0.0449. The minimum Gasteiger partial charge on any atom is -0.369 e. The third-order valence-corrected chi connectivity index (χ3v) is 9.07. The highest BCUT2D eigenvalue weighted by molar-refractivity contribution is 7.89. The summed E-state index contributed by atoms with van der Waals surface area (Å²) in [6.07, 6.45) is 6.52. The Balaban J connectivity index is 1.79. The summed E-state index contributed by atoms with van der Waals surface area (Å²) in [7, 11) is -3.85. The van der Waals surface area contributed by atoms with Gasteiger partial charge in [-0.2, -0.15) is 0 Å². The van der Waals surface area contributed by atoms with Crippen LogP contribution in [0.5, 0.6) is 0 Å². The number of fused-ring (bicyclic) bond motifs is 1. The van der Waals surface area contributed by atoms with Crippen molar-refractivity contribution in [1.29, 1.82) is 0 Å². The van der Waals surface area contributed by atoms with E-state index in [1.54, 1.807) is 6.07 Å². The number of unbranched alkanes of at least 4 members (excludes halogenated alkanes) is 2. The second-order valence-corrected chi connectivity index (χ2v) is 11.8. The van der Waals surface area contributed by atoms with Crippen LogP contribution in [0.25, 0.3) is 11.1 Å². The van der Waals surface area contributed by atoms with E-state index in [9.17, 15) is 23.0 Å². The molecule has 2 aliphatic rings. The average Bonchev–Trinajstić information content (AvgIpc) is 2.93. The van der Waals surface area contributed by atoms with Crippen LogP contribution < -0.4 is 9.62 Å². The molecule has 0 bridgehead atoms. The maximum absolute atomic E-state index is 14.0. The van der Waals surface area contributed by atoms with Crippen molar-refractivity contribution in [3.63, 3.8) is 0 Å². The van der Waals surface area contributed by atoms with Gasteiger partial charge in [-0.05, 0) is 55.0 Å². The lowest BCUT2D eigenvalue weighted by atomic mass is 9.84. The number of nitrogens with zero attached hydrogens (tertiary/aromatic N) is 1. The average molecular weight is 525 g/mol. The van der Waals surface area contributed by atoms with Crippen molar-refractivity contribution >= 4 is 27.3 Å². The molecule has 0 amide bonds. The van der Waals surface area contributed by atoms with Crippen molar-refractivity contribution in [3.05, 3.63) is 46.7 Å². The Morgan fingerprint density at radius 1 is 1.14 bits per heavy atom. The number of aliphatic hydroxyl groups is 2. The minimum atomic E-state index is -3.85. The van der Waals surface area contributed by atoms with Gasteiger partial charge >= 0.3 is 0 Å². The lowest BCUT2D eigenvalue weighted by Gasteiger charge is -2.33. The standard InChI is InChI=1S/C26H34ClFN2O4S/c1-2-3-7-12-30-16-23(17-8-5-4-6-9-17)29-35(33,34)25-14-19(21(27)15-24(25)30)18-10-11-22(28)20(13-18)26(31)32/h10-11,13-15,17,23,26,29,31-32H,2-9,12,16H2,1H3. The summed E-state index contributed by atoms with van der Waals surface area (Å²) >= 11 is 6.66. The van der Waals surface area contributed by atoms with Gasteiger partial charge in [0.05, 0.1) is 10.7 Å². The number of hydrogen-bond donors (Lipinski definition) is 3. The summed E-state index contributed by atoms with van der Waals surface area (Å²) < 4.78 is 44.3. The Morgan fingerprint density at radius 2 is 1.89 bits per heavy atom. The van der Waals surface area contributed by atoms with Gasteiger partial charge in [-0.1, -0.05) is 56.7 Å². The van der Waals surface area contributed by atoms with E-state index in [0.717, 1.165) is 57.6 Å². The predicted octanol–water partition coefficient (Wildman–Crippen LogP) is 5.37. The van der Waals surface area contributed by atoms with E-state index in [4.69, 9.17) is 11.6 Å². The van der Waals surface area contributed by atoms with Gasteiger partial charge in [0, 0.05) is 30.3 Å². The first-order valence-corrected chi connectivity index (χ1v) is 14.3. The van der Waals surface area contributed by atoms with Crippen LogP contribution in [0.4, 0.5) is 10.1 Å². The maximum atomic E-state index is 14.0. The molecule has 0 saturated heterocycles. The van der Waals surface area contributed by atoms with Crippen molar-refractivity contribution in [3.8, 4) is 11.1 Å². The first-order chi connectivity index (χ1) is 16.7. The van der Waals surface area contributed by atoms with Crippen LogP contribution in [0.15, 0.2) is 35.2 Å². The molecular weight excluding hydrogens is 491 g/mol. The molecule has 0 aromatic heterocycles. The molecule has 6 nitrogen and oxygen atoms in total. The molecule has 1 fully saturated rings. The monoisotopic (exact) mass is 524 g/mol. The number of sulfonamides is 1. The highest BCUT2D eigenvalue weighted by Gasteiger charge is 2.36. The van der Waals surface area contributed by atoms with Crippen LogP contribution in [0, 0.1) is 11.7 Å². The molecule has 1 saturated carbocycles. The molecule has 1 aliphatic carbocycles. The van der Waals surface area contributed by atoms with Gasteiger partial charge in [0.25, 0.3) is 0 Å². The number of rotatable bonds is 7. The third-order valence-electron chi connectivity index (χ3n) is 7.24. The summed E-state index contributed by atoms with van der Waals surface area (Å²) in [6.45, 7) is 3.46. The van der Waals surface area contributed by atoms with E-state index in [2.05, 4.69) is 16.5 Å². The molecule has 35 heavy (non-hydrogen) atoms. The highest BCUT2D eigenvalue weighted by Crippen LogP contribution is 2.40.